The summed E-state index contributed by atoms with van der Waals surface area (Å²) in [6.45, 7) is 1.93. The third-order valence-electron chi connectivity index (χ3n) is 3.69. The van der Waals surface area contributed by atoms with Crippen molar-refractivity contribution >= 4 is 23.2 Å². The van der Waals surface area contributed by atoms with Crippen molar-refractivity contribution in [1.82, 2.24) is 15.4 Å². The molecule has 20 heavy (non-hydrogen) atoms. The van der Waals surface area contributed by atoms with Crippen molar-refractivity contribution in [2.24, 2.45) is 5.92 Å². The van der Waals surface area contributed by atoms with E-state index < -0.39 is 0 Å². The smallest absolute Gasteiger partial charge is 0.227 e. The number of aryl methyl sites for hydroxylation is 2. The number of nitrogens with zero attached hydrogens (tertiary/aromatic N) is 2. The van der Waals surface area contributed by atoms with Gasteiger partial charge in [-0.15, -0.1) is 0 Å². The zero-order valence-electron chi connectivity index (χ0n) is 11.1. The number of hydrogen-bond acceptors (Lipinski definition) is 3. The highest BCUT2D eigenvalue weighted by atomic mass is 35.5. The minimum absolute atomic E-state index is 0.0315. The number of H-pyrrole nitrogens is 1. The Kier molecular flexibility index (Phi) is 3.44. The fourth-order valence-electron chi connectivity index (χ4n) is 2.51. The minimum Gasteiger partial charge on any atom is -0.326 e. The molecule has 0 radical (unpaired) electrons. The van der Waals surface area contributed by atoms with E-state index >= 15 is 0 Å². The average molecular weight is 291 g/mol. The first-order valence-corrected chi connectivity index (χ1v) is 6.97. The van der Waals surface area contributed by atoms with E-state index in [4.69, 9.17) is 11.6 Å². The molecular formula is C14H15ClN4O. The summed E-state index contributed by atoms with van der Waals surface area (Å²) in [6.07, 6.45) is 2.24. The Bertz CT molecular complexity index is 652. The van der Waals surface area contributed by atoms with Crippen LogP contribution in [0.1, 0.15) is 23.4 Å². The zero-order chi connectivity index (χ0) is 14.1. The molecule has 3 rings (SSSR count). The number of aromatic amines is 1. The maximum Gasteiger partial charge on any atom is 0.227 e. The molecule has 1 aliphatic rings. The Morgan fingerprint density at radius 1 is 1.40 bits per heavy atom. The Labute approximate surface area is 121 Å². The monoisotopic (exact) mass is 290 g/mol. The topological polar surface area (TPSA) is 70.7 Å². The first-order chi connectivity index (χ1) is 9.63. The van der Waals surface area contributed by atoms with Gasteiger partial charge in [0.1, 0.15) is 0 Å². The van der Waals surface area contributed by atoms with Gasteiger partial charge in [0.15, 0.2) is 0 Å². The Morgan fingerprint density at radius 3 is 3.00 bits per heavy atom. The molecule has 1 heterocycles. The molecule has 0 bridgehead atoms. The number of anilines is 1. The van der Waals surface area contributed by atoms with E-state index in [9.17, 15) is 4.79 Å². The normalized spacial score (nSPS) is 17.6. The van der Waals surface area contributed by atoms with Crippen molar-refractivity contribution in [2.45, 2.75) is 26.2 Å². The van der Waals surface area contributed by atoms with E-state index in [0.29, 0.717) is 11.4 Å². The summed E-state index contributed by atoms with van der Waals surface area (Å²) < 4.78 is 0. The van der Waals surface area contributed by atoms with Crippen LogP contribution < -0.4 is 5.32 Å². The number of rotatable bonds is 2. The van der Waals surface area contributed by atoms with Crippen LogP contribution in [0.15, 0.2) is 18.2 Å². The second kappa shape index (κ2) is 5.25. The summed E-state index contributed by atoms with van der Waals surface area (Å²) in [5.41, 5.74) is 3.66. The number of aromatic nitrogens is 3. The average Bonchev–Trinajstić information content (AvgIpc) is 2.89. The molecule has 5 nitrogen and oxygen atoms in total. The number of amides is 1. The number of benzene rings is 1. The fourth-order valence-corrected chi connectivity index (χ4v) is 2.74. The first kappa shape index (κ1) is 13.1. The van der Waals surface area contributed by atoms with Gasteiger partial charge < -0.3 is 5.32 Å². The summed E-state index contributed by atoms with van der Waals surface area (Å²) in [6, 6.07) is 5.45. The third-order valence-corrected chi connectivity index (χ3v) is 3.92. The molecule has 0 saturated carbocycles. The van der Waals surface area contributed by atoms with Gasteiger partial charge in [-0.05, 0) is 43.5 Å². The van der Waals surface area contributed by atoms with E-state index in [1.807, 2.05) is 19.1 Å². The maximum absolute atomic E-state index is 12.3. The van der Waals surface area contributed by atoms with Gasteiger partial charge in [0, 0.05) is 23.0 Å². The quantitative estimate of drug-likeness (QED) is 0.893. The van der Waals surface area contributed by atoms with Crippen molar-refractivity contribution in [2.75, 3.05) is 5.32 Å². The molecular weight excluding hydrogens is 276 g/mol. The van der Waals surface area contributed by atoms with Crippen LogP contribution in [0.4, 0.5) is 5.69 Å². The number of halogens is 1. The van der Waals surface area contributed by atoms with Crippen LogP contribution in [0.25, 0.3) is 0 Å². The van der Waals surface area contributed by atoms with E-state index in [1.165, 1.54) is 0 Å². The number of carbonyl (C=O) groups is 1. The summed E-state index contributed by atoms with van der Waals surface area (Å²) in [4.78, 5) is 12.3. The molecule has 0 fully saturated rings. The minimum atomic E-state index is -0.0531. The summed E-state index contributed by atoms with van der Waals surface area (Å²) in [5, 5.41) is 14.4. The van der Waals surface area contributed by atoms with Crippen molar-refractivity contribution in [3.8, 4) is 0 Å². The zero-order valence-corrected chi connectivity index (χ0v) is 11.9. The summed E-state index contributed by atoms with van der Waals surface area (Å²) in [5.74, 6) is -0.0215. The Balaban J connectivity index is 1.71. The van der Waals surface area contributed by atoms with E-state index in [0.717, 1.165) is 35.5 Å². The van der Waals surface area contributed by atoms with Crippen LogP contribution in [-0.2, 0) is 17.6 Å². The first-order valence-electron chi connectivity index (χ1n) is 6.59. The molecule has 2 N–H and O–H groups in total. The number of nitrogens with one attached hydrogen (secondary N) is 2. The van der Waals surface area contributed by atoms with E-state index in [2.05, 4.69) is 20.7 Å². The molecule has 1 amide bonds. The number of hydrogen-bond donors (Lipinski definition) is 2. The molecule has 1 atom stereocenters. The molecule has 1 unspecified atom stereocenters. The van der Waals surface area contributed by atoms with Gasteiger partial charge in [0.05, 0.1) is 11.4 Å². The van der Waals surface area contributed by atoms with Gasteiger partial charge in [-0.2, -0.15) is 15.4 Å². The second-order valence-electron chi connectivity index (χ2n) is 5.11. The molecule has 104 valence electrons. The lowest BCUT2D eigenvalue weighted by molar-refractivity contribution is -0.120. The van der Waals surface area contributed by atoms with E-state index in [1.54, 1.807) is 6.07 Å². The predicted molar refractivity (Wildman–Crippen MR) is 76.7 cm³/mol. The van der Waals surface area contributed by atoms with Crippen LogP contribution in [0.5, 0.6) is 0 Å². The van der Waals surface area contributed by atoms with Gasteiger partial charge in [0.25, 0.3) is 0 Å². The lowest BCUT2D eigenvalue weighted by Crippen LogP contribution is -2.28. The lowest BCUT2D eigenvalue weighted by Gasteiger charge is -2.20. The fraction of sp³-hybridized carbons (Fsp3) is 0.357. The largest absolute Gasteiger partial charge is 0.326 e. The lowest BCUT2D eigenvalue weighted by atomic mass is 9.89. The van der Waals surface area contributed by atoms with Gasteiger partial charge in [0.2, 0.25) is 5.91 Å². The predicted octanol–water partition coefficient (Wildman–Crippen LogP) is 2.51. The van der Waals surface area contributed by atoms with Crippen LogP contribution in [0.2, 0.25) is 5.02 Å². The SMILES string of the molecule is Cc1cc(Cl)ccc1NC(=O)C1CCc2n[nH]nc2C1. The van der Waals surface area contributed by atoms with Gasteiger partial charge in [-0.3, -0.25) is 4.79 Å². The van der Waals surface area contributed by atoms with Crippen LogP contribution in [-0.4, -0.2) is 21.3 Å². The molecule has 0 saturated heterocycles. The molecule has 1 aromatic heterocycles. The van der Waals surface area contributed by atoms with E-state index in [-0.39, 0.29) is 11.8 Å². The van der Waals surface area contributed by atoms with Crippen molar-refractivity contribution < 1.29 is 4.79 Å². The van der Waals surface area contributed by atoms with Gasteiger partial charge in [-0.1, -0.05) is 11.6 Å². The molecule has 0 aliphatic heterocycles. The van der Waals surface area contributed by atoms with Crippen molar-refractivity contribution in [3.05, 3.63) is 40.2 Å². The van der Waals surface area contributed by atoms with Gasteiger partial charge >= 0.3 is 0 Å². The molecule has 6 heteroatoms. The summed E-state index contributed by atoms with van der Waals surface area (Å²) in [7, 11) is 0. The van der Waals surface area contributed by atoms with Crippen LogP contribution >= 0.6 is 11.6 Å². The Hall–Kier alpha value is -1.88. The highest BCUT2D eigenvalue weighted by Crippen LogP contribution is 2.25. The highest BCUT2D eigenvalue weighted by Gasteiger charge is 2.27. The molecule has 2 aromatic rings. The van der Waals surface area contributed by atoms with Crippen LogP contribution in [0, 0.1) is 12.8 Å². The second-order valence-corrected chi connectivity index (χ2v) is 5.54. The number of fused-ring (bicyclic) bond motifs is 1. The van der Waals surface area contributed by atoms with Crippen LogP contribution in [0.3, 0.4) is 0 Å². The molecule has 0 spiro atoms. The Morgan fingerprint density at radius 2 is 2.20 bits per heavy atom. The standard InChI is InChI=1S/C14H15ClN4O/c1-8-6-10(15)3-5-11(8)16-14(20)9-2-4-12-13(7-9)18-19-17-12/h3,5-6,9H,2,4,7H2,1H3,(H,16,20)(H,17,18,19). The van der Waals surface area contributed by atoms with Gasteiger partial charge in [-0.25, -0.2) is 0 Å². The molecule has 1 aliphatic carbocycles. The van der Waals surface area contributed by atoms with Crippen molar-refractivity contribution in [3.63, 3.8) is 0 Å². The maximum atomic E-state index is 12.3. The molecule has 1 aromatic carbocycles. The third kappa shape index (κ3) is 2.54. The van der Waals surface area contributed by atoms with Crippen molar-refractivity contribution in [1.29, 1.82) is 0 Å². The summed E-state index contributed by atoms with van der Waals surface area (Å²) >= 11 is 5.91. The highest BCUT2D eigenvalue weighted by molar-refractivity contribution is 6.30. The number of carbonyl (C=O) groups excluding carboxylic acids is 1.